The molecule has 3 aliphatic rings. The van der Waals surface area contributed by atoms with E-state index in [9.17, 15) is 14.9 Å². The number of halogens is 1. The number of nitrogens with zero attached hydrogens (tertiary/aromatic N) is 2. The Balaban J connectivity index is 1.30. The Morgan fingerprint density at radius 3 is 3.00 bits per heavy atom. The van der Waals surface area contributed by atoms with Gasteiger partial charge in [0.15, 0.2) is 0 Å². The highest BCUT2D eigenvalue weighted by molar-refractivity contribution is 7.10. The maximum atomic E-state index is 15.2. The second-order valence-electron chi connectivity index (χ2n) is 8.67. The van der Waals surface area contributed by atoms with Crippen molar-refractivity contribution in [3.05, 3.63) is 39.8 Å². The first kappa shape index (κ1) is 20.2. The molecule has 2 N–H and O–H groups in total. The molecule has 31 heavy (non-hydrogen) atoms. The first-order valence-corrected chi connectivity index (χ1v) is 11.4. The number of nitriles is 1. The Morgan fingerprint density at radius 2 is 2.29 bits per heavy atom. The van der Waals surface area contributed by atoms with Crippen molar-refractivity contribution in [1.29, 1.82) is 5.26 Å². The Kier molecular flexibility index (Phi) is 5.03. The highest BCUT2D eigenvalue weighted by Gasteiger charge is 2.43. The number of hydrogen-bond donors (Lipinski definition) is 2. The first-order valence-electron chi connectivity index (χ1n) is 10.6. The van der Waals surface area contributed by atoms with Crippen molar-refractivity contribution in [2.24, 2.45) is 5.92 Å². The molecule has 2 fully saturated rings. The molecule has 1 aromatic carbocycles. The van der Waals surface area contributed by atoms with Crippen LogP contribution in [-0.4, -0.2) is 37.0 Å². The molecule has 1 aromatic heterocycles. The fourth-order valence-corrected chi connectivity index (χ4v) is 6.03. The normalized spacial score (nSPS) is 24.9. The zero-order valence-electron chi connectivity index (χ0n) is 17.2. The minimum Gasteiger partial charge on any atom is -0.339 e. The topological polar surface area (TPSA) is 85.2 Å². The van der Waals surface area contributed by atoms with Crippen molar-refractivity contribution in [2.45, 2.75) is 50.2 Å². The SMILES string of the molecule is CN1C(=O)Cc2ccc(-c3csc(CC(C#N)NC(=O)[C@H]4N[C@@H]5CC[C@H]4C5)c3F)cc21. The van der Waals surface area contributed by atoms with Crippen molar-refractivity contribution in [3.63, 3.8) is 0 Å². The van der Waals surface area contributed by atoms with Crippen molar-refractivity contribution in [3.8, 4) is 17.2 Å². The molecule has 2 amide bonds. The van der Waals surface area contributed by atoms with Gasteiger partial charge in [-0.05, 0) is 42.4 Å². The van der Waals surface area contributed by atoms with Crippen LogP contribution in [0.1, 0.15) is 29.7 Å². The van der Waals surface area contributed by atoms with E-state index in [1.165, 1.54) is 11.3 Å². The third kappa shape index (κ3) is 3.52. The summed E-state index contributed by atoms with van der Waals surface area (Å²) in [5, 5.41) is 17.4. The Morgan fingerprint density at radius 1 is 1.45 bits per heavy atom. The summed E-state index contributed by atoms with van der Waals surface area (Å²) in [4.78, 5) is 26.6. The molecule has 4 atom stereocenters. The number of nitrogens with one attached hydrogen (secondary N) is 2. The number of benzene rings is 1. The standard InChI is InChI=1S/C23H23FN4O2S/c1-28-18-7-12(2-3-13(18)8-20(28)29)17-11-31-19(21(17)24)9-16(10-25)27-23(30)22-14-4-5-15(6-14)26-22/h2-3,7,11,14-16,22,26H,4-6,8-9H2,1H3,(H,27,30)/t14-,15+,16?,22-/m0/s1. The van der Waals surface area contributed by atoms with Gasteiger partial charge < -0.3 is 15.5 Å². The number of carbonyl (C=O) groups excluding carboxylic acids is 2. The van der Waals surface area contributed by atoms with Gasteiger partial charge in [-0.1, -0.05) is 12.1 Å². The molecule has 1 saturated carbocycles. The quantitative estimate of drug-likeness (QED) is 0.752. The number of piperidine rings is 1. The monoisotopic (exact) mass is 438 g/mol. The van der Waals surface area contributed by atoms with Crippen LogP contribution in [0.3, 0.4) is 0 Å². The summed E-state index contributed by atoms with van der Waals surface area (Å²) in [6, 6.07) is 7.01. The van der Waals surface area contributed by atoms with E-state index in [1.54, 1.807) is 17.3 Å². The smallest absolute Gasteiger partial charge is 0.238 e. The van der Waals surface area contributed by atoms with E-state index in [0.717, 1.165) is 30.5 Å². The van der Waals surface area contributed by atoms with Crippen LogP contribution in [0, 0.1) is 23.1 Å². The maximum Gasteiger partial charge on any atom is 0.238 e. The molecular formula is C23H23FN4O2S. The summed E-state index contributed by atoms with van der Waals surface area (Å²) in [5.41, 5.74) is 2.89. The van der Waals surface area contributed by atoms with E-state index in [4.69, 9.17) is 0 Å². The number of hydrogen-bond acceptors (Lipinski definition) is 5. The van der Waals surface area contributed by atoms with E-state index < -0.39 is 6.04 Å². The molecule has 160 valence electrons. The van der Waals surface area contributed by atoms with E-state index in [0.29, 0.717) is 34.4 Å². The van der Waals surface area contributed by atoms with Crippen LogP contribution in [0.4, 0.5) is 10.1 Å². The second-order valence-corrected chi connectivity index (χ2v) is 9.63. The van der Waals surface area contributed by atoms with Crippen LogP contribution in [0.25, 0.3) is 11.1 Å². The molecule has 2 bridgehead atoms. The first-order chi connectivity index (χ1) is 14.9. The fourth-order valence-electron chi connectivity index (χ4n) is 5.05. The van der Waals surface area contributed by atoms with Gasteiger partial charge in [-0.2, -0.15) is 5.26 Å². The van der Waals surface area contributed by atoms with Gasteiger partial charge in [0.25, 0.3) is 0 Å². The summed E-state index contributed by atoms with van der Waals surface area (Å²) in [7, 11) is 1.72. The van der Waals surface area contributed by atoms with Crippen LogP contribution in [0.15, 0.2) is 23.6 Å². The lowest BCUT2D eigenvalue weighted by Crippen LogP contribution is -2.50. The predicted octanol–water partition coefficient (Wildman–Crippen LogP) is 2.76. The predicted molar refractivity (Wildman–Crippen MR) is 116 cm³/mol. The van der Waals surface area contributed by atoms with Gasteiger partial charge in [-0.3, -0.25) is 9.59 Å². The number of fused-ring (bicyclic) bond motifs is 3. The molecule has 6 nitrogen and oxygen atoms in total. The number of carbonyl (C=O) groups is 2. The molecule has 1 saturated heterocycles. The molecule has 1 unspecified atom stereocenters. The van der Waals surface area contributed by atoms with E-state index in [1.807, 2.05) is 18.2 Å². The van der Waals surface area contributed by atoms with E-state index >= 15 is 4.39 Å². The number of rotatable bonds is 5. The van der Waals surface area contributed by atoms with Crippen molar-refractivity contribution in [2.75, 3.05) is 11.9 Å². The van der Waals surface area contributed by atoms with Gasteiger partial charge in [0, 0.05) is 41.0 Å². The maximum absolute atomic E-state index is 15.2. The number of thiophene rings is 1. The van der Waals surface area contributed by atoms with Crippen molar-refractivity contribution >= 4 is 28.8 Å². The molecule has 8 heteroatoms. The molecule has 3 heterocycles. The molecule has 1 aliphatic carbocycles. The van der Waals surface area contributed by atoms with Crippen LogP contribution < -0.4 is 15.5 Å². The van der Waals surface area contributed by atoms with Gasteiger partial charge in [-0.25, -0.2) is 4.39 Å². The summed E-state index contributed by atoms with van der Waals surface area (Å²) in [6.45, 7) is 0. The molecule has 5 rings (SSSR count). The fraction of sp³-hybridized carbons (Fsp3) is 0.435. The van der Waals surface area contributed by atoms with Crippen LogP contribution in [0.2, 0.25) is 0 Å². The van der Waals surface area contributed by atoms with Gasteiger partial charge in [0.2, 0.25) is 11.8 Å². The van der Waals surface area contributed by atoms with E-state index in [-0.39, 0.29) is 30.1 Å². The van der Waals surface area contributed by atoms with Crippen LogP contribution >= 0.6 is 11.3 Å². The third-order valence-corrected chi connectivity index (χ3v) is 7.76. The lowest BCUT2D eigenvalue weighted by Gasteiger charge is -2.23. The summed E-state index contributed by atoms with van der Waals surface area (Å²) >= 11 is 1.25. The van der Waals surface area contributed by atoms with Gasteiger partial charge in [0.1, 0.15) is 11.9 Å². The Hall–Kier alpha value is -2.76. The lowest BCUT2D eigenvalue weighted by molar-refractivity contribution is -0.124. The highest BCUT2D eigenvalue weighted by Crippen LogP contribution is 2.37. The molecule has 0 radical (unpaired) electrons. The number of likely N-dealkylation sites (N-methyl/N-ethyl adjacent to an activating group) is 1. The molecule has 2 aliphatic heterocycles. The number of anilines is 1. The van der Waals surface area contributed by atoms with Crippen molar-refractivity contribution in [1.82, 2.24) is 10.6 Å². The highest BCUT2D eigenvalue weighted by atomic mass is 32.1. The molecular weight excluding hydrogens is 415 g/mol. The summed E-state index contributed by atoms with van der Waals surface area (Å²) in [5.74, 6) is -0.179. The van der Waals surface area contributed by atoms with Gasteiger partial charge in [-0.15, -0.1) is 11.3 Å². The van der Waals surface area contributed by atoms with Crippen LogP contribution in [0.5, 0.6) is 0 Å². The zero-order chi connectivity index (χ0) is 21.7. The third-order valence-electron chi connectivity index (χ3n) is 6.78. The van der Waals surface area contributed by atoms with Gasteiger partial charge in [0.05, 0.1) is 18.5 Å². The van der Waals surface area contributed by atoms with Crippen molar-refractivity contribution < 1.29 is 14.0 Å². The van der Waals surface area contributed by atoms with Crippen LogP contribution in [-0.2, 0) is 22.4 Å². The largest absolute Gasteiger partial charge is 0.339 e. The average Bonchev–Trinajstić information content (AvgIpc) is 3.54. The minimum absolute atomic E-state index is 0.0243. The summed E-state index contributed by atoms with van der Waals surface area (Å²) in [6.07, 6.45) is 3.65. The zero-order valence-corrected chi connectivity index (χ0v) is 18.0. The second kappa shape index (κ2) is 7.74. The molecule has 0 spiro atoms. The number of amides is 2. The Labute approximate surface area is 184 Å². The lowest BCUT2D eigenvalue weighted by atomic mass is 9.99. The van der Waals surface area contributed by atoms with Gasteiger partial charge >= 0.3 is 0 Å². The average molecular weight is 439 g/mol. The molecule has 2 aromatic rings. The Bertz CT molecular complexity index is 1110. The summed E-state index contributed by atoms with van der Waals surface area (Å²) < 4.78 is 15.2. The van der Waals surface area contributed by atoms with E-state index in [2.05, 4.69) is 16.7 Å². The minimum atomic E-state index is -0.779.